The van der Waals surface area contributed by atoms with Crippen LogP contribution in [0.15, 0.2) is 94.9 Å². The van der Waals surface area contributed by atoms with Crippen LogP contribution < -0.4 is 0 Å². The molecule has 2 unspecified atom stereocenters. The van der Waals surface area contributed by atoms with Gasteiger partial charge in [0.1, 0.15) is 11.5 Å². The van der Waals surface area contributed by atoms with Crippen LogP contribution in [-0.2, 0) is 63.1 Å². The van der Waals surface area contributed by atoms with Gasteiger partial charge < -0.3 is 27.9 Å². The molecular weight excluding hydrogens is 1050 g/mol. The summed E-state index contributed by atoms with van der Waals surface area (Å²) in [6.07, 6.45) is 16.3. The molecule has 4 N–H and O–H groups in total. The van der Waals surface area contributed by atoms with Crippen molar-refractivity contribution >= 4 is 36.3 Å². The molecule has 9 rings (SSSR count). The Balaban J connectivity index is 0.00000122. The molecule has 435 valence electrons. The number of benzene rings is 4. The van der Waals surface area contributed by atoms with Gasteiger partial charge in [-0.3, -0.25) is 38.7 Å². The largest absolute Gasteiger partial charge is 0.507 e. The number of aromatic hydroxyl groups is 2. The maximum atomic E-state index is 12.0. The normalized spacial score (nSPS) is 18.8. The Morgan fingerprint density at radius 3 is 1.24 bits per heavy atom. The molecule has 1 aliphatic carbocycles. The second kappa shape index (κ2) is 29.0. The van der Waals surface area contributed by atoms with Crippen LogP contribution >= 0.6 is 0 Å². The van der Waals surface area contributed by atoms with Crippen LogP contribution in [-0.4, -0.2) is 163 Å². The SMILES string of the molecule is CC(C)(C)c1cc(C=NC2CCCCC2N=Cc2cc(C(C)(C)C)cc(CCCN3CCC[N+]4=C3N(Cc3ccccc3)CCC4)c2O)c(O)c(CCCN2CCC[N+]3=C2N(Cc2ccccc2)CCC3)c1.O=C(O)C(=O)O.[CH3-].[Co]. The number of aryl methyl sites for hydroxylation is 2. The smallest absolute Gasteiger partial charge is 0.414 e. The predicted octanol–water partition coefficient (Wildman–Crippen LogP) is 9.97. The van der Waals surface area contributed by atoms with E-state index in [4.69, 9.17) is 29.8 Å². The molecule has 4 aliphatic heterocycles. The average molecular weight is 1140 g/mol. The van der Waals surface area contributed by atoms with Crippen molar-refractivity contribution in [2.45, 2.75) is 155 Å². The molecule has 0 amide bonds. The van der Waals surface area contributed by atoms with Crippen molar-refractivity contribution in [2.24, 2.45) is 9.98 Å². The van der Waals surface area contributed by atoms with Crippen molar-refractivity contribution in [1.29, 1.82) is 0 Å². The molecule has 0 spiro atoms. The number of nitrogens with zero attached hydrogens (tertiary/aromatic N) is 8. The van der Waals surface area contributed by atoms with E-state index in [0.29, 0.717) is 11.5 Å². The summed E-state index contributed by atoms with van der Waals surface area (Å²) < 4.78 is 5.21. The Labute approximate surface area is 487 Å². The van der Waals surface area contributed by atoms with Gasteiger partial charge in [0.15, 0.2) is 0 Å². The summed E-state index contributed by atoms with van der Waals surface area (Å²) in [6, 6.07) is 30.5. The fraction of sp³-hybridized carbons (Fsp3) is 0.523. The summed E-state index contributed by atoms with van der Waals surface area (Å²) in [5, 5.41) is 38.7. The average Bonchev–Trinajstić information content (AvgIpc) is 3.43. The van der Waals surface area contributed by atoms with E-state index in [1.165, 1.54) is 59.9 Å². The number of guanidine groups is 2. The van der Waals surface area contributed by atoms with E-state index in [-0.39, 0.29) is 47.1 Å². The van der Waals surface area contributed by atoms with Crippen LogP contribution in [0.2, 0.25) is 0 Å². The van der Waals surface area contributed by atoms with Gasteiger partial charge in [-0.2, -0.15) is 0 Å². The zero-order valence-corrected chi connectivity index (χ0v) is 49.9. The molecule has 15 heteroatoms. The molecule has 1 saturated carbocycles. The van der Waals surface area contributed by atoms with Crippen LogP contribution in [0.3, 0.4) is 0 Å². The standard InChI is InChI=1S/C62H84N8O2.C2H2O4.CH3.Co/c1-61(2,3)53-39-49(25-15-29-65-31-17-33-67-35-19-37-69(59(65)67)45-47-21-9-7-10-22-47)57(71)51(41-53)43-63-55-27-13-14-28-56(55)64-44-52-42-54(62(4,5)6)40-50(58(52)72)26-16-30-66-32-18-34-68-36-20-38-70(60(66)68)46-48-23-11-8-12-24-48;3-1(4)2(5)6;;/h7-12,21-24,39-44,55-56H,13-20,25-38,45-46H2,1-6H3;(H,3,4)(H,5,6);1H3;/q;;-1;/p+2. The number of phenols is 2. The first-order valence-electron chi connectivity index (χ1n) is 29.0. The number of aliphatic carboxylic acids is 2. The molecule has 5 aliphatic rings. The third-order valence-electron chi connectivity index (χ3n) is 16.2. The van der Waals surface area contributed by atoms with E-state index in [0.717, 1.165) is 152 Å². The van der Waals surface area contributed by atoms with Gasteiger partial charge in [0.2, 0.25) is 0 Å². The molecule has 0 aromatic heterocycles. The molecule has 4 aromatic rings. The molecule has 80 heavy (non-hydrogen) atoms. The van der Waals surface area contributed by atoms with Crippen LogP contribution in [0, 0.1) is 7.43 Å². The van der Waals surface area contributed by atoms with E-state index in [1.807, 2.05) is 12.4 Å². The Bertz CT molecular complexity index is 2620. The monoisotopic (exact) mass is 1140 g/mol. The number of aliphatic imine (C=N–C) groups is 2. The summed E-state index contributed by atoms with van der Waals surface area (Å²) in [6.45, 7) is 26.2. The third kappa shape index (κ3) is 16.7. The minimum atomic E-state index is -1.82. The molecular formula is C65H91CoN8O6+. The van der Waals surface area contributed by atoms with Gasteiger partial charge >= 0.3 is 23.9 Å². The van der Waals surface area contributed by atoms with Crippen molar-refractivity contribution in [1.82, 2.24) is 19.6 Å². The van der Waals surface area contributed by atoms with Crippen LogP contribution in [0.4, 0.5) is 0 Å². The van der Waals surface area contributed by atoms with Crippen LogP contribution in [0.1, 0.15) is 150 Å². The second-order valence-electron chi connectivity index (χ2n) is 24.2. The molecule has 4 aromatic carbocycles. The number of carboxylic acids is 2. The number of phenolic OH excluding ortho intramolecular Hbond substituents is 2. The molecule has 0 saturated heterocycles. The zero-order chi connectivity index (χ0) is 55.4. The van der Waals surface area contributed by atoms with Crippen LogP contribution in [0.5, 0.6) is 11.5 Å². The summed E-state index contributed by atoms with van der Waals surface area (Å²) in [5.74, 6) is -0.150. The zero-order valence-electron chi connectivity index (χ0n) is 48.9. The van der Waals surface area contributed by atoms with Gasteiger partial charge in [-0.05, 0) is 94.9 Å². The first kappa shape index (κ1) is 63.0. The van der Waals surface area contributed by atoms with Gasteiger partial charge in [0, 0.05) is 66.0 Å². The maximum absolute atomic E-state index is 12.0. The molecule has 0 bridgehead atoms. The van der Waals surface area contributed by atoms with E-state index in [9.17, 15) is 10.2 Å². The maximum Gasteiger partial charge on any atom is 0.414 e. The number of hydrogen-bond donors (Lipinski definition) is 4. The van der Waals surface area contributed by atoms with Crippen molar-refractivity contribution in [3.63, 3.8) is 0 Å². The van der Waals surface area contributed by atoms with Crippen molar-refractivity contribution in [3.8, 4) is 11.5 Å². The first-order chi connectivity index (χ1) is 37.4. The molecule has 1 fully saturated rings. The van der Waals surface area contributed by atoms with Crippen molar-refractivity contribution in [2.75, 3.05) is 65.4 Å². The Kier molecular flexibility index (Phi) is 22.8. The van der Waals surface area contributed by atoms with E-state index < -0.39 is 11.9 Å². The van der Waals surface area contributed by atoms with Crippen molar-refractivity contribution in [3.05, 3.63) is 137 Å². The minimum absolute atomic E-state index is 0. The molecule has 14 nitrogen and oxygen atoms in total. The van der Waals surface area contributed by atoms with Gasteiger partial charge in [-0.1, -0.05) is 127 Å². The van der Waals surface area contributed by atoms with Crippen LogP contribution in [0.25, 0.3) is 0 Å². The fourth-order valence-electron chi connectivity index (χ4n) is 12.0. The molecule has 1 radical (unpaired) electrons. The summed E-state index contributed by atoms with van der Waals surface area (Å²) >= 11 is 0. The third-order valence-corrected chi connectivity index (χ3v) is 16.2. The second-order valence-corrected chi connectivity index (χ2v) is 24.2. The van der Waals surface area contributed by atoms with Gasteiger partial charge in [-0.25, -0.2) is 9.59 Å². The van der Waals surface area contributed by atoms with Crippen molar-refractivity contribution < 1.29 is 55.9 Å². The number of carboxylic acid groups (broad SMARTS) is 2. The Morgan fingerprint density at radius 1 is 0.550 bits per heavy atom. The number of rotatable bonds is 16. The first-order valence-corrected chi connectivity index (χ1v) is 29.0. The van der Waals surface area contributed by atoms with E-state index in [1.54, 1.807) is 0 Å². The van der Waals surface area contributed by atoms with Gasteiger partial charge in [-0.15, -0.1) is 0 Å². The van der Waals surface area contributed by atoms with E-state index in [2.05, 4.69) is 155 Å². The number of carbonyl (C=O) groups is 2. The number of hydrogen-bond acceptors (Lipinski definition) is 10. The molecule has 2 atom stereocenters. The minimum Gasteiger partial charge on any atom is -0.507 e. The summed E-state index contributed by atoms with van der Waals surface area (Å²) in [7, 11) is 0. The predicted molar refractivity (Wildman–Crippen MR) is 318 cm³/mol. The topological polar surface area (TPSA) is 159 Å². The summed E-state index contributed by atoms with van der Waals surface area (Å²) in [5.41, 5.74) is 8.60. The summed E-state index contributed by atoms with van der Waals surface area (Å²) in [4.78, 5) is 39.1. The fourth-order valence-corrected chi connectivity index (χ4v) is 12.0. The Morgan fingerprint density at radius 2 is 0.900 bits per heavy atom. The Hall–Kier alpha value is -6.19. The quantitative estimate of drug-likeness (QED) is 0.0368. The van der Waals surface area contributed by atoms with Gasteiger partial charge in [0.25, 0.3) is 0 Å². The van der Waals surface area contributed by atoms with E-state index >= 15 is 0 Å². The molecule has 4 heterocycles. The van der Waals surface area contributed by atoms with Gasteiger partial charge in [0.05, 0.1) is 90.6 Å².